The Morgan fingerprint density at radius 1 is 1.37 bits per heavy atom. The fraction of sp³-hybridized carbons (Fsp3) is 0.647. The average molecular weight is 261 g/mol. The zero-order chi connectivity index (χ0) is 14.0. The molecule has 1 aromatic rings. The van der Waals surface area contributed by atoms with Crippen LogP contribution in [0.3, 0.4) is 0 Å². The van der Waals surface area contributed by atoms with Crippen molar-refractivity contribution in [3.05, 3.63) is 29.3 Å². The molecule has 1 N–H and O–H groups in total. The first-order valence-electron chi connectivity index (χ1n) is 7.44. The van der Waals surface area contributed by atoms with Gasteiger partial charge in [-0.05, 0) is 42.5 Å². The third-order valence-electron chi connectivity index (χ3n) is 3.72. The van der Waals surface area contributed by atoms with Gasteiger partial charge in [-0.2, -0.15) is 0 Å². The molecule has 2 heteroatoms. The molecule has 0 aliphatic carbocycles. The molecule has 1 aliphatic heterocycles. The Hall–Kier alpha value is -1.02. The van der Waals surface area contributed by atoms with Gasteiger partial charge < -0.3 is 10.1 Å². The zero-order valence-electron chi connectivity index (χ0n) is 12.9. The van der Waals surface area contributed by atoms with Crippen LogP contribution in [0.2, 0.25) is 0 Å². The molecule has 2 atom stereocenters. The average Bonchev–Trinajstić information content (AvgIpc) is 2.67. The van der Waals surface area contributed by atoms with Gasteiger partial charge in [0, 0.05) is 12.5 Å². The number of nitrogens with one attached hydrogen (secondary N) is 1. The van der Waals surface area contributed by atoms with E-state index in [1.54, 1.807) is 0 Å². The van der Waals surface area contributed by atoms with E-state index in [1.807, 2.05) is 0 Å². The summed E-state index contributed by atoms with van der Waals surface area (Å²) in [4.78, 5) is 0. The third-order valence-corrected chi connectivity index (χ3v) is 3.72. The van der Waals surface area contributed by atoms with Gasteiger partial charge in [0.05, 0.1) is 0 Å². The van der Waals surface area contributed by atoms with Gasteiger partial charge in [-0.3, -0.25) is 0 Å². The Morgan fingerprint density at radius 2 is 2.11 bits per heavy atom. The molecule has 1 aliphatic rings. The molecule has 0 fully saturated rings. The molecule has 106 valence electrons. The normalized spacial score (nSPS) is 19.9. The summed E-state index contributed by atoms with van der Waals surface area (Å²) >= 11 is 0. The SMILES string of the molecule is CCCNC(c1ccc2c(c1)CC(C)O2)C(C)(C)C. The lowest BCUT2D eigenvalue weighted by molar-refractivity contribution is 0.254. The van der Waals surface area contributed by atoms with Crippen molar-refractivity contribution in [2.45, 2.75) is 59.6 Å². The summed E-state index contributed by atoms with van der Waals surface area (Å²) in [6.45, 7) is 12.3. The fourth-order valence-corrected chi connectivity index (χ4v) is 2.83. The Morgan fingerprint density at radius 3 is 2.74 bits per heavy atom. The Kier molecular flexibility index (Phi) is 4.19. The second-order valence-electron chi connectivity index (χ2n) is 6.75. The maximum absolute atomic E-state index is 5.79. The van der Waals surface area contributed by atoms with Gasteiger partial charge in [0.15, 0.2) is 0 Å². The van der Waals surface area contributed by atoms with Crippen molar-refractivity contribution in [2.24, 2.45) is 5.41 Å². The highest BCUT2D eigenvalue weighted by atomic mass is 16.5. The highest BCUT2D eigenvalue weighted by Crippen LogP contribution is 2.37. The summed E-state index contributed by atoms with van der Waals surface area (Å²) in [6, 6.07) is 7.08. The molecule has 19 heavy (non-hydrogen) atoms. The topological polar surface area (TPSA) is 21.3 Å². The quantitative estimate of drug-likeness (QED) is 0.881. The lowest BCUT2D eigenvalue weighted by Gasteiger charge is -2.32. The summed E-state index contributed by atoms with van der Waals surface area (Å²) in [7, 11) is 0. The smallest absolute Gasteiger partial charge is 0.123 e. The standard InChI is InChI=1S/C17H27NO/c1-6-9-18-16(17(3,4)5)13-7-8-15-14(11-13)10-12(2)19-15/h7-8,11-12,16,18H,6,9-10H2,1-5H3. The first-order valence-corrected chi connectivity index (χ1v) is 7.44. The van der Waals surface area contributed by atoms with E-state index in [1.165, 1.54) is 11.1 Å². The number of hydrogen-bond acceptors (Lipinski definition) is 2. The third kappa shape index (κ3) is 3.30. The Labute approximate surface area is 117 Å². The van der Waals surface area contributed by atoms with Crippen molar-refractivity contribution < 1.29 is 4.74 Å². The van der Waals surface area contributed by atoms with Gasteiger partial charge in [-0.15, -0.1) is 0 Å². The molecule has 0 saturated heterocycles. The van der Waals surface area contributed by atoms with Crippen LogP contribution >= 0.6 is 0 Å². The van der Waals surface area contributed by atoms with E-state index in [0.717, 1.165) is 25.1 Å². The number of hydrogen-bond donors (Lipinski definition) is 1. The first kappa shape index (κ1) is 14.4. The van der Waals surface area contributed by atoms with Crippen LogP contribution in [0.4, 0.5) is 0 Å². The summed E-state index contributed by atoms with van der Waals surface area (Å²) in [5, 5.41) is 3.69. The lowest BCUT2D eigenvalue weighted by Crippen LogP contribution is -2.32. The molecule has 1 heterocycles. The molecule has 0 amide bonds. The molecule has 0 saturated carbocycles. The van der Waals surface area contributed by atoms with Crippen LogP contribution in [-0.2, 0) is 6.42 Å². The van der Waals surface area contributed by atoms with Crippen molar-refractivity contribution >= 4 is 0 Å². The second-order valence-corrected chi connectivity index (χ2v) is 6.75. The van der Waals surface area contributed by atoms with Crippen LogP contribution < -0.4 is 10.1 Å². The van der Waals surface area contributed by atoms with Crippen molar-refractivity contribution in [3.8, 4) is 5.75 Å². The minimum absolute atomic E-state index is 0.217. The number of benzene rings is 1. The van der Waals surface area contributed by atoms with Gasteiger partial charge in [0.2, 0.25) is 0 Å². The fourth-order valence-electron chi connectivity index (χ4n) is 2.83. The molecule has 0 spiro atoms. The molecule has 2 nitrogen and oxygen atoms in total. The van der Waals surface area contributed by atoms with Crippen molar-refractivity contribution in [1.29, 1.82) is 0 Å². The van der Waals surface area contributed by atoms with Crippen molar-refractivity contribution in [1.82, 2.24) is 5.32 Å². The van der Waals surface area contributed by atoms with Crippen LogP contribution in [-0.4, -0.2) is 12.6 Å². The van der Waals surface area contributed by atoms with E-state index < -0.39 is 0 Å². The number of fused-ring (bicyclic) bond motifs is 1. The van der Waals surface area contributed by atoms with Crippen LogP contribution in [0, 0.1) is 5.41 Å². The highest BCUT2D eigenvalue weighted by molar-refractivity contribution is 5.41. The van der Waals surface area contributed by atoms with Gasteiger partial charge in [0.25, 0.3) is 0 Å². The summed E-state index contributed by atoms with van der Waals surface area (Å²) in [5.41, 5.74) is 2.96. The second kappa shape index (κ2) is 5.54. The van der Waals surface area contributed by atoms with E-state index >= 15 is 0 Å². The van der Waals surface area contributed by atoms with Crippen LogP contribution in [0.15, 0.2) is 18.2 Å². The molecule has 2 rings (SSSR count). The summed E-state index contributed by atoms with van der Waals surface area (Å²) in [6.07, 6.45) is 2.52. The monoisotopic (exact) mass is 261 g/mol. The molecule has 0 radical (unpaired) electrons. The molecule has 1 aromatic carbocycles. The molecular weight excluding hydrogens is 234 g/mol. The minimum Gasteiger partial charge on any atom is -0.490 e. The zero-order valence-corrected chi connectivity index (χ0v) is 12.9. The van der Waals surface area contributed by atoms with Gasteiger partial charge in [-0.1, -0.05) is 39.8 Å². The predicted octanol–water partition coefficient (Wildman–Crippen LogP) is 4.10. The van der Waals surface area contributed by atoms with Crippen molar-refractivity contribution in [3.63, 3.8) is 0 Å². The predicted molar refractivity (Wildman–Crippen MR) is 80.7 cm³/mol. The van der Waals surface area contributed by atoms with Crippen LogP contribution in [0.25, 0.3) is 0 Å². The maximum Gasteiger partial charge on any atom is 0.123 e. The van der Waals surface area contributed by atoms with E-state index in [-0.39, 0.29) is 5.41 Å². The van der Waals surface area contributed by atoms with Crippen LogP contribution in [0.5, 0.6) is 5.75 Å². The Balaban J connectivity index is 2.25. The van der Waals surface area contributed by atoms with Crippen LogP contribution in [0.1, 0.15) is 58.2 Å². The summed E-state index contributed by atoms with van der Waals surface area (Å²) < 4.78 is 5.79. The van der Waals surface area contributed by atoms with Gasteiger partial charge >= 0.3 is 0 Å². The number of rotatable bonds is 4. The molecular formula is C17H27NO. The molecule has 0 aromatic heterocycles. The Bertz CT molecular complexity index is 433. The van der Waals surface area contributed by atoms with E-state index in [0.29, 0.717) is 12.1 Å². The van der Waals surface area contributed by atoms with Gasteiger partial charge in [0.1, 0.15) is 11.9 Å². The number of ether oxygens (including phenoxy) is 1. The lowest BCUT2D eigenvalue weighted by atomic mass is 9.81. The summed E-state index contributed by atoms with van der Waals surface area (Å²) in [5.74, 6) is 1.07. The first-order chi connectivity index (χ1) is 8.91. The minimum atomic E-state index is 0.217. The highest BCUT2D eigenvalue weighted by Gasteiger charge is 2.27. The van der Waals surface area contributed by atoms with E-state index in [4.69, 9.17) is 4.74 Å². The van der Waals surface area contributed by atoms with Crippen molar-refractivity contribution in [2.75, 3.05) is 6.54 Å². The maximum atomic E-state index is 5.79. The molecule has 2 unspecified atom stereocenters. The van der Waals surface area contributed by atoms with E-state index in [9.17, 15) is 0 Å². The van der Waals surface area contributed by atoms with Gasteiger partial charge in [-0.25, -0.2) is 0 Å². The largest absolute Gasteiger partial charge is 0.490 e. The molecule has 0 bridgehead atoms. The van der Waals surface area contributed by atoms with E-state index in [2.05, 4.69) is 58.1 Å².